The minimum atomic E-state index is -3.83. The van der Waals surface area contributed by atoms with Crippen LogP contribution in [0.3, 0.4) is 0 Å². The summed E-state index contributed by atoms with van der Waals surface area (Å²) < 4.78 is 67.4. The van der Waals surface area contributed by atoms with Gasteiger partial charge in [-0.2, -0.15) is 0 Å². The summed E-state index contributed by atoms with van der Waals surface area (Å²) in [6.45, 7) is 14.7. The number of aryl methyl sites for hydroxylation is 2. The first-order valence-corrected chi connectivity index (χ1v) is 26.1. The lowest BCUT2D eigenvalue weighted by Crippen LogP contribution is -2.39. The normalized spacial score (nSPS) is 18.5. The van der Waals surface area contributed by atoms with Gasteiger partial charge in [-0.3, -0.25) is 20.0 Å². The number of hydrogen-bond donors (Lipinski definition) is 4. The van der Waals surface area contributed by atoms with E-state index in [0.717, 1.165) is 33.8 Å². The van der Waals surface area contributed by atoms with Crippen molar-refractivity contribution in [3.63, 3.8) is 0 Å². The number of amides is 3. The van der Waals surface area contributed by atoms with Gasteiger partial charge in [0.2, 0.25) is 5.91 Å². The Balaban J connectivity index is 0.000000190. The smallest absolute Gasteiger partial charge is 0.407 e. The molecule has 2 aliphatic rings. The highest BCUT2D eigenvalue weighted by Gasteiger charge is 2.34. The van der Waals surface area contributed by atoms with Crippen molar-refractivity contribution in [1.82, 2.24) is 53.6 Å². The fraction of sp³-hybridized carbons (Fsp3) is 0.417. The molecule has 376 valence electrons. The Labute approximate surface area is 411 Å². The molecule has 0 radical (unpaired) electrons. The molecule has 0 spiro atoms. The molecule has 71 heavy (non-hydrogen) atoms. The van der Waals surface area contributed by atoms with Gasteiger partial charge in [-0.15, -0.1) is 10.2 Å². The van der Waals surface area contributed by atoms with Gasteiger partial charge in [0.1, 0.15) is 22.5 Å². The van der Waals surface area contributed by atoms with Crippen LogP contribution < -0.4 is 21.5 Å². The van der Waals surface area contributed by atoms with Crippen LogP contribution in [0.5, 0.6) is 0 Å². The van der Waals surface area contributed by atoms with E-state index in [4.69, 9.17) is 9.47 Å². The van der Waals surface area contributed by atoms with Crippen LogP contribution in [0.1, 0.15) is 103 Å². The predicted octanol–water partition coefficient (Wildman–Crippen LogP) is 6.90. The molecule has 2 saturated carbocycles. The van der Waals surface area contributed by atoms with Crippen LogP contribution >= 0.6 is 0 Å². The lowest BCUT2D eigenvalue weighted by atomic mass is 10.1. The van der Waals surface area contributed by atoms with Crippen molar-refractivity contribution >= 4 is 71.9 Å². The van der Waals surface area contributed by atoms with Crippen molar-refractivity contribution in [2.24, 2.45) is 5.92 Å². The molecule has 21 nitrogen and oxygen atoms in total. The number of carbonyl (C=O) groups excluding carboxylic acids is 3. The Morgan fingerprint density at radius 2 is 1.18 bits per heavy atom. The Bertz CT molecular complexity index is 3340. The number of benzene rings is 2. The van der Waals surface area contributed by atoms with Gasteiger partial charge in [-0.1, -0.05) is 35.4 Å². The summed E-state index contributed by atoms with van der Waals surface area (Å²) in [5.41, 5.74) is 8.15. The highest BCUT2D eigenvalue weighted by Crippen LogP contribution is 2.35. The van der Waals surface area contributed by atoms with Crippen LogP contribution in [-0.2, 0) is 34.3 Å². The average Bonchev–Trinajstić information content (AvgIpc) is 4.15. The quantitative estimate of drug-likeness (QED) is 0.102. The maximum Gasteiger partial charge on any atom is 0.407 e. The monoisotopic (exact) mass is 1010 g/mol. The molecule has 2 aliphatic carbocycles. The molecule has 4 N–H and O–H groups in total. The largest absolute Gasteiger partial charge is 0.444 e. The van der Waals surface area contributed by atoms with Crippen molar-refractivity contribution in [2.75, 3.05) is 5.43 Å². The second-order valence-corrected chi connectivity index (χ2v) is 23.5. The van der Waals surface area contributed by atoms with Gasteiger partial charge >= 0.3 is 12.2 Å². The van der Waals surface area contributed by atoms with Crippen molar-refractivity contribution in [3.8, 4) is 0 Å². The van der Waals surface area contributed by atoms with E-state index in [2.05, 4.69) is 46.6 Å². The number of alkyl carbamates (subject to hydrolysis) is 2. The number of rotatable bonds is 10. The SMILES string of the molecule is Cc1ccc(S(=O)(=O)n2ccc3c2ncc2nnc([C@@H]4CC[C@H](NC(=O)OC(C)(C)C)C4)n23)cc1.Cc1ccc(S(=O)(=O)n2ccc3nc(NNC(=O)[C@@H]4CC[C@H](NC(=O)OC(C)(C)C)C4)cnc32)cc1. The number of nitrogens with one attached hydrogen (secondary N) is 4. The minimum absolute atomic E-state index is 0.0361. The average molecular weight is 1010 g/mol. The molecule has 5 aromatic heterocycles. The van der Waals surface area contributed by atoms with Crippen LogP contribution in [0, 0.1) is 19.8 Å². The fourth-order valence-corrected chi connectivity index (χ4v) is 11.2. The zero-order chi connectivity index (χ0) is 51.0. The maximum atomic E-state index is 13.3. The first kappa shape index (κ1) is 50.3. The number of hydrogen-bond acceptors (Lipinski definition) is 15. The molecule has 0 bridgehead atoms. The molecular weight excluding hydrogens is 953 g/mol. The molecule has 7 aromatic rings. The first-order chi connectivity index (χ1) is 33.4. The van der Waals surface area contributed by atoms with E-state index in [0.29, 0.717) is 48.0 Å². The number of ether oxygens (including phenoxy) is 2. The fourth-order valence-electron chi connectivity index (χ4n) is 8.57. The molecule has 9 rings (SSSR count). The van der Waals surface area contributed by atoms with E-state index in [9.17, 15) is 31.2 Å². The molecule has 2 fully saturated rings. The van der Waals surface area contributed by atoms with Gasteiger partial charge < -0.3 is 20.1 Å². The minimum Gasteiger partial charge on any atom is -0.444 e. The van der Waals surface area contributed by atoms with Crippen molar-refractivity contribution in [1.29, 1.82) is 0 Å². The third kappa shape index (κ3) is 11.4. The van der Waals surface area contributed by atoms with Crippen LogP contribution in [0.4, 0.5) is 15.4 Å². The molecule has 3 amide bonds. The molecule has 0 unspecified atom stereocenters. The van der Waals surface area contributed by atoms with E-state index < -0.39 is 43.4 Å². The number of fused-ring (bicyclic) bond motifs is 4. The second-order valence-electron chi connectivity index (χ2n) is 19.9. The van der Waals surface area contributed by atoms with Gasteiger partial charge in [-0.05, 0) is 130 Å². The Hall–Kier alpha value is -7.14. The number of carbonyl (C=O) groups is 3. The number of anilines is 1. The molecule has 4 atom stereocenters. The third-order valence-corrected chi connectivity index (χ3v) is 15.3. The van der Waals surface area contributed by atoms with Crippen LogP contribution in [0.15, 0.2) is 95.2 Å². The Morgan fingerprint density at radius 3 is 1.77 bits per heavy atom. The Kier molecular flexibility index (Phi) is 13.9. The molecule has 0 saturated heterocycles. The molecule has 2 aromatic carbocycles. The standard InChI is InChI=1S/C24H30N6O5S.C24H28N6O4S/c1-15-5-9-18(10-6-15)36(33,34)30-12-11-19-21(30)25-14-20(27-19)28-29-22(31)16-7-8-17(13-16)26-23(32)35-24(2,3)4;1-15-5-9-18(10-6-15)35(32,33)29-12-11-19-22(29)25-14-20-27-28-21(30(19)20)16-7-8-17(13-16)26-23(31)34-24(2,3)4/h5-6,9-12,14,16-17H,7-8,13H2,1-4H3,(H,26,32)(H,27,28)(H,29,31);5-6,9-12,14,16-17H,7-8,13H2,1-4H3,(H,26,31)/t2*16-,17+/m11/s1. The molecule has 0 aliphatic heterocycles. The summed E-state index contributed by atoms with van der Waals surface area (Å²) in [7, 11) is -7.65. The second kappa shape index (κ2) is 19.6. The predicted molar refractivity (Wildman–Crippen MR) is 263 cm³/mol. The molecule has 23 heteroatoms. The van der Waals surface area contributed by atoms with Gasteiger partial charge in [-0.25, -0.2) is 49.3 Å². The summed E-state index contributed by atoms with van der Waals surface area (Å²) >= 11 is 0. The number of aromatic nitrogens is 8. The number of nitrogens with zero attached hydrogens (tertiary/aromatic N) is 8. The zero-order valence-corrected chi connectivity index (χ0v) is 42.3. The maximum absolute atomic E-state index is 13.3. The van der Waals surface area contributed by atoms with Crippen molar-refractivity contribution < 1.29 is 40.7 Å². The highest BCUT2D eigenvalue weighted by atomic mass is 32.2. The Morgan fingerprint density at radius 1 is 0.648 bits per heavy atom. The van der Waals surface area contributed by atoms with Crippen LogP contribution in [-0.4, -0.2) is 95.7 Å². The lowest BCUT2D eigenvalue weighted by Gasteiger charge is -2.21. The van der Waals surface area contributed by atoms with Crippen molar-refractivity contribution in [3.05, 3.63) is 102 Å². The van der Waals surface area contributed by atoms with Crippen LogP contribution in [0.25, 0.3) is 28.0 Å². The highest BCUT2D eigenvalue weighted by molar-refractivity contribution is 7.90. The van der Waals surface area contributed by atoms with Gasteiger partial charge in [0.15, 0.2) is 22.8 Å². The van der Waals surface area contributed by atoms with Gasteiger partial charge in [0.25, 0.3) is 20.0 Å². The van der Waals surface area contributed by atoms with E-state index >= 15 is 0 Å². The van der Waals surface area contributed by atoms with Gasteiger partial charge in [0, 0.05) is 36.3 Å². The summed E-state index contributed by atoms with van der Waals surface area (Å²) in [6.07, 6.45) is 8.95. The van der Waals surface area contributed by atoms with E-state index in [1.807, 2.05) is 39.0 Å². The van der Waals surface area contributed by atoms with Crippen LogP contribution in [0.2, 0.25) is 0 Å². The van der Waals surface area contributed by atoms with Gasteiger partial charge in [0.05, 0.1) is 27.7 Å². The van der Waals surface area contributed by atoms with E-state index in [1.165, 1.54) is 28.8 Å². The summed E-state index contributed by atoms with van der Waals surface area (Å²) in [6, 6.07) is 16.4. The summed E-state index contributed by atoms with van der Waals surface area (Å²) in [5.74, 6) is 0.529. The summed E-state index contributed by atoms with van der Waals surface area (Å²) in [4.78, 5) is 50.1. The van der Waals surface area contributed by atoms with E-state index in [1.54, 1.807) is 81.4 Å². The zero-order valence-electron chi connectivity index (χ0n) is 40.7. The molecular formula is C48H58N12O9S2. The lowest BCUT2D eigenvalue weighted by molar-refractivity contribution is -0.124. The summed E-state index contributed by atoms with van der Waals surface area (Å²) in [5, 5.41) is 14.4. The third-order valence-electron chi connectivity index (χ3n) is 11.9. The number of hydrazine groups is 1. The topological polar surface area (TPSA) is 265 Å². The van der Waals surface area contributed by atoms with Crippen molar-refractivity contribution in [2.45, 2.75) is 133 Å². The first-order valence-electron chi connectivity index (χ1n) is 23.2. The van der Waals surface area contributed by atoms with E-state index in [-0.39, 0.29) is 51.1 Å². The molecule has 5 heterocycles.